The molecule has 1 aromatic rings. The van der Waals surface area contributed by atoms with E-state index in [-0.39, 0.29) is 23.0 Å². The molecule has 1 N–H and O–H groups in total. The largest absolute Gasteiger partial charge is 0.493 e. The standard InChI is InChI=1S/C16H22O5/c1-15(2)9-12(16(3,4)21-15)20-13-10(14(17)18)7-6-8-11(13)19-5/h6-8,12H,9H2,1-5H3,(H,17,18). The van der Waals surface area contributed by atoms with E-state index in [0.717, 1.165) is 0 Å². The Bertz CT molecular complexity index is 548. The molecule has 1 unspecified atom stereocenters. The van der Waals surface area contributed by atoms with Crippen molar-refractivity contribution in [1.82, 2.24) is 0 Å². The van der Waals surface area contributed by atoms with E-state index in [0.29, 0.717) is 12.2 Å². The van der Waals surface area contributed by atoms with Crippen LogP contribution in [0.5, 0.6) is 11.5 Å². The van der Waals surface area contributed by atoms with E-state index in [2.05, 4.69) is 0 Å². The number of carboxylic acid groups (broad SMARTS) is 1. The van der Waals surface area contributed by atoms with Crippen LogP contribution >= 0.6 is 0 Å². The van der Waals surface area contributed by atoms with E-state index >= 15 is 0 Å². The Hall–Kier alpha value is -1.75. The van der Waals surface area contributed by atoms with Crippen molar-refractivity contribution in [3.05, 3.63) is 23.8 Å². The van der Waals surface area contributed by atoms with Gasteiger partial charge in [-0.25, -0.2) is 4.79 Å². The minimum atomic E-state index is -1.04. The number of benzene rings is 1. The number of hydrogen-bond acceptors (Lipinski definition) is 4. The molecule has 0 aromatic heterocycles. The molecule has 5 nitrogen and oxygen atoms in total. The number of carbonyl (C=O) groups is 1. The first-order valence-corrected chi connectivity index (χ1v) is 6.93. The van der Waals surface area contributed by atoms with Crippen molar-refractivity contribution < 1.29 is 24.1 Å². The van der Waals surface area contributed by atoms with Crippen molar-refractivity contribution in [3.8, 4) is 11.5 Å². The number of rotatable bonds is 4. The van der Waals surface area contributed by atoms with Crippen molar-refractivity contribution >= 4 is 5.97 Å². The number of aromatic carboxylic acids is 1. The van der Waals surface area contributed by atoms with Crippen LogP contribution < -0.4 is 9.47 Å². The van der Waals surface area contributed by atoms with Crippen molar-refractivity contribution in [2.75, 3.05) is 7.11 Å². The van der Waals surface area contributed by atoms with Gasteiger partial charge in [-0.15, -0.1) is 0 Å². The molecule has 116 valence electrons. The van der Waals surface area contributed by atoms with E-state index < -0.39 is 11.6 Å². The number of ether oxygens (including phenoxy) is 3. The lowest BCUT2D eigenvalue weighted by atomic mass is 9.97. The molecule has 1 saturated heterocycles. The van der Waals surface area contributed by atoms with Gasteiger partial charge in [-0.05, 0) is 39.8 Å². The lowest BCUT2D eigenvalue weighted by Crippen LogP contribution is -2.37. The molecule has 1 aromatic carbocycles. The Morgan fingerprint density at radius 3 is 2.48 bits per heavy atom. The highest BCUT2D eigenvalue weighted by atomic mass is 16.6. The molecule has 1 aliphatic rings. The molecular formula is C16H22O5. The summed E-state index contributed by atoms with van der Waals surface area (Å²) in [6, 6.07) is 4.83. The van der Waals surface area contributed by atoms with Crippen LogP contribution in [-0.4, -0.2) is 35.5 Å². The van der Waals surface area contributed by atoms with E-state index in [1.165, 1.54) is 13.2 Å². The summed E-state index contributed by atoms with van der Waals surface area (Å²) in [7, 11) is 1.49. The van der Waals surface area contributed by atoms with Crippen LogP contribution in [0.1, 0.15) is 44.5 Å². The quantitative estimate of drug-likeness (QED) is 0.924. The molecule has 0 saturated carbocycles. The average molecular weight is 294 g/mol. The van der Waals surface area contributed by atoms with Gasteiger partial charge < -0.3 is 19.3 Å². The van der Waals surface area contributed by atoms with Crippen LogP contribution in [0.15, 0.2) is 18.2 Å². The van der Waals surface area contributed by atoms with Gasteiger partial charge in [0.15, 0.2) is 11.5 Å². The number of para-hydroxylation sites is 1. The first-order valence-electron chi connectivity index (χ1n) is 6.93. The van der Waals surface area contributed by atoms with Gasteiger partial charge in [0.05, 0.1) is 12.7 Å². The highest BCUT2D eigenvalue weighted by molar-refractivity contribution is 5.92. The van der Waals surface area contributed by atoms with E-state index in [9.17, 15) is 9.90 Å². The zero-order chi connectivity index (χ0) is 15.8. The third kappa shape index (κ3) is 3.13. The first-order chi connectivity index (χ1) is 9.66. The van der Waals surface area contributed by atoms with Crippen LogP contribution in [-0.2, 0) is 4.74 Å². The van der Waals surface area contributed by atoms with Crippen LogP contribution in [0.3, 0.4) is 0 Å². The van der Waals surface area contributed by atoms with Gasteiger partial charge in [0.25, 0.3) is 0 Å². The Morgan fingerprint density at radius 2 is 2.00 bits per heavy atom. The van der Waals surface area contributed by atoms with Gasteiger partial charge in [-0.3, -0.25) is 0 Å². The maximum absolute atomic E-state index is 11.4. The summed E-state index contributed by atoms with van der Waals surface area (Å²) in [6.07, 6.45) is 0.429. The van der Waals surface area contributed by atoms with Crippen molar-refractivity contribution in [2.24, 2.45) is 0 Å². The summed E-state index contributed by atoms with van der Waals surface area (Å²) in [5.74, 6) is -0.373. The third-order valence-electron chi connectivity index (χ3n) is 3.68. The van der Waals surface area contributed by atoms with Gasteiger partial charge in [-0.1, -0.05) is 6.07 Å². The lowest BCUT2D eigenvalue weighted by molar-refractivity contribution is -0.0848. The fourth-order valence-electron chi connectivity index (χ4n) is 2.80. The van der Waals surface area contributed by atoms with Gasteiger partial charge >= 0.3 is 5.97 Å². The fraction of sp³-hybridized carbons (Fsp3) is 0.562. The second-order valence-electron chi connectivity index (χ2n) is 6.42. The highest BCUT2D eigenvalue weighted by Crippen LogP contribution is 2.42. The van der Waals surface area contributed by atoms with E-state index in [4.69, 9.17) is 14.2 Å². The van der Waals surface area contributed by atoms with Crippen molar-refractivity contribution in [2.45, 2.75) is 51.4 Å². The van der Waals surface area contributed by atoms with E-state index in [1.54, 1.807) is 12.1 Å². The van der Waals surface area contributed by atoms with Crippen LogP contribution in [0.25, 0.3) is 0 Å². The monoisotopic (exact) mass is 294 g/mol. The van der Waals surface area contributed by atoms with Crippen LogP contribution in [0.2, 0.25) is 0 Å². The summed E-state index contributed by atoms with van der Waals surface area (Å²) < 4.78 is 17.2. The zero-order valence-corrected chi connectivity index (χ0v) is 13.1. The predicted octanol–water partition coefficient (Wildman–Crippen LogP) is 3.12. The molecule has 1 aliphatic heterocycles. The zero-order valence-electron chi connectivity index (χ0n) is 13.1. The average Bonchev–Trinajstić information content (AvgIpc) is 2.57. The SMILES string of the molecule is COc1cccc(C(=O)O)c1OC1CC(C)(C)OC1(C)C. The second-order valence-corrected chi connectivity index (χ2v) is 6.42. The molecule has 21 heavy (non-hydrogen) atoms. The second kappa shape index (κ2) is 5.22. The molecule has 1 atom stereocenters. The van der Waals surface area contributed by atoms with Crippen molar-refractivity contribution in [1.29, 1.82) is 0 Å². The molecule has 0 spiro atoms. The summed E-state index contributed by atoms with van der Waals surface area (Å²) in [5, 5.41) is 9.33. The Balaban J connectivity index is 2.37. The molecule has 5 heteroatoms. The van der Waals surface area contributed by atoms with Gasteiger partial charge in [0.2, 0.25) is 0 Å². The molecule has 0 bridgehead atoms. The van der Waals surface area contributed by atoms with Crippen LogP contribution in [0.4, 0.5) is 0 Å². The van der Waals surface area contributed by atoms with Gasteiger partial charge in [-0.2, -0.15) is 0 Å². The number of hydrogen-bond donors (Lipinski definition) is 1. The summed E-state index contributed by atoms with van der Waals surface area (Å²) in [5.41, 5.74) is -0.713. The first kappa shape index (κ1) is 15.6. The summed E-state index contributed by atoms with van der Waals surface area (Å²) >= 11 is 0. The molecular weight excluding hydrogens is 272 g/mol. The predicted molar refractivity (Wildman–Crippen MR) is 78.2 cm³/mol. The smallest absolute Gasteiger partial charge is 0.339 e. The third-order valence-corrected chi connectivity index (χ3v) is 3.68. The normalized spacial score (nSPS) is 22.8. The minimum absolute atomic E-state index is 0.0925. The summed E-state index contributed by atoms with van der Waals surface area (Å²) in [6.45, 7) is 7.89. The number of carboxylic acids is 1. The topological polar surface area (TPSA) is 65.0 Å². The van der Waals surface area contributed by atoms with Gasteiger partial charge in [0.1, 0.15) is 17.3 Å². The van der Waals surface area contributed by atoms with Crippen molar-refractivity contribution in [3.63, 3.8) is 0 Å². The molecule has 1 heterocycles. The molecule has 0 aliphatic carbocycles. The Labute approximate surface area is 124 Å². The Morgan fingerprint density at radius 1 is 1.33 bits per heavy atom. The Kier molecular flexibility index (Phi) is 3.89. The lowest BCUT2D eigenvalue weighted by Gasteiger charge is -2.28. The number of methoxy groups -OCH3 is 1. The highest BCUT2D eigenvalue weighted by Gasteiger charge is 2.48. The molecule has 1 fully saturated rings. The minimum Gasteiger partial charge on any atom is -0.493 e. The maximum atomic E-state index is 11.4. The summed E-state index contributed by atoms with van der Waals surface area (Å²) in [4.78, 5) is 11.4. The maximum Gasteiger partial charge on any atom is 0.339 e. The molecule has 0 amide bonds. The van der Waals surface area contributed by atoms with Crippen LogP contribution in [0, 0.1) is 0 Å². The molecule has 2 rings (SSSR count). The van der Waals surface area contributed by atoms with Gasteiger partial charge in [0, 0.05) is 6.42 Å². The fourth-order valence-corrected chi connectivity index (χ4v) is 2.80. The molecule has 0 radical (unpaired) electrons. The van der Waals surface area contributed by atoms with E-state index in [1.807, 2.05) is 27.7 Å².